The van der Waals surface area contributed by atoms with Crippen molar-refractivity contribution in [2.24, 2.45) is 4.99 Å². The molecule has 1 saturated heterocycles. The second kappa shape index (κ2) is 6.88. The van der Waals surface area contributed by atoms with Gasteiger partial charge >= 0.3 is 0 Å². The molecular formula is C14H20N6O5. The lowest BCUT2D eigenvalue weighted by Crippen LogP contribution is -2.35. The molecule has 4 atom stereocenters. The maximum Gasteiger partial charge on any atom is 0.280 e. The summed E-state index contributed by atoms with van der Waals surface area (Å²) in [4.78, 5) is 28.8. The van der Waals surface area contributed by atoms with Crippen LogP contribution in [0.25, 0.3) is 11.2 Å². The van der Waals surface area contributed by atoms with E-state index in [1.54, 1.807) is 19.0 Å². The summed E-state index contributed by atoms with van der Waals surface area (Å²) in [6.07, 6.45) is -0.515. The Morgan fingerprint density at radius 1 is 1.56 bits per heavy atom. The Morgan fingerprint density at radius 2 is 2.32 bits per heavy atom. The Morgan fingerprint density at radius 3 is 2.92 bits per heavy atom. The van der Waals surface area contributed by atoms with Crippen LogP contribution >= 0.6 is 0 Å². The molecule has 3 N–H and O–H groups in total. The van der Waals surface area contributed by atoms with Crippen LogP contribution in [0, 0.1) is 0 Å². The van der Waals surface area contributed by atoms with Crippen molar-refractivity contribution in [1.82, 2.24) is 24.4 Å². The highest BCUT2D eigenvalue weighted by atomic mass is 16.6. The van der Waals surface area contributed by atoms with Gasteiger partial charge in [0.05, 0.1) is 19.3 Å². The molecular weight excluding hydrogens is 332 g/mol. The molecule has 2 aromatic rings. The van der Waals surface area contributed by atoms with Crippen LogP contribution in [0.4, 0.5) is 5.95 Å². The molecule has 3 rings (SSSR count). The monoisotopic (exact) mass is 352 g/mol. The van der Waals surface area contributed by atoms with E-state index in [-0.39, 0.29) is 23.7 Å². The van der Waals surface area contributed by atoms with Crippen molar-refractivity contribution >= 4 is 23.5 Å². The Bertz CT molecular complexity index is 831. The smallest absolute Gasteiger partial charge is 0.280 e. The predicted molar refractivity (Wildman–Crippen MR) is 87.8 cm³/mol. The molecule has 0 aromatic carbocycles. The van der Waals surface area contributed by atoms with Gasteiger partial charge in [0.1, 0.15) is 18.3 Å². The van der Waals surface area contributed by atoms with Crippen molar-refractivity contribution in [3.8, 4) is 0 Å². The van der Waals surface area contributed by atoms with Crippen LogP contribution in [0.2, 0.25) is 0 Å². The molecule has 0 saturated carbocycles. The molecule has 3 heterocycles. The first-order valence-electron chi connectivity index (χ1n) is 7.61. The highest BCUT2D eigenvalue weighted by molar-refractivity contribution is 5.71. The number of rotatable bonds is 5. The number of ether oxygens (including phenoxy) is 2. The lowest BCUT2D eigenvalue weighted by Gasteiger charge is -2.17. The predicted octanol–water partition coefficient (Wildman–Crippen LogP) is -1.39. The van der Waals surface area contributed by atoms with Crippen LogP contribution in [-0.4, -0.2) is 87.1 Å². The van der Waals surface area contributed by atoms with Crippen molar-refractivity contribution in [3.05, 3.63) is 16.7 Å². The molecule has 0 bridgehead atoms. The second-order valence-electron chi connectivity index (χ2n) is 5.86. The van der Waals surface area contributed by atoms with Crippen molar-refractivity contribution in [2.45, 2.75) is 24.5 Å². The van der Waals surface area contributed by atoms with Gasteiger partial charge in [-0.15, -0.1) is 0 Å². The number of aliphatic hydroxyl groups is 2. The van der Waals surface area contributed by atoms with Crippen molar-refractivity contribution in [3.63, 3.8) is 0 Å². The molecule has 1 aliphatic heterocycles. The third-order valence-corrected chi connectivity index (χ3v) is 3.87. The van der Waals surface area contributed by atoms with Gasteiger partial charge in [-0.2, -0.15) is 4.98 Å². The molecule has 1 fully saturated rings. The fourth-order valence-corrected chi connectivity index (χ4v) is 2.72. The highest BCUT2D eigenvalue weighted by Crippen LogP contribution is 2.32. The zero-order chi connectivity index (χ0) is 18.1. The van der Waals surface area contributed by atoms with Gasteiger partial charge in [0, 0.05) is 21.2 Å². The zero-order valence-corrected chi connectivity index (χ0v) is 14.0. The molecule has 11 heteroatoms. The standard InChI is InChI=1S/C14H20N6O5/c1-19(2)5-16-14-17-11-8(12(23)18-14)15-6-20(11)13-9(22)10(24-3)7(4-21)25-13/h5-7,9-10,13,21-22H,4H2,1-3H3,(H,17,18,23)/b16-5+/t7-,9?,10+,13-/m1/s1. The Hall–Kier alpha value is -2.34. The molecule has 0 amide bonds. The minimum Gasteiger partial charge on any atom is -0.394 e. The summed E-state index contributed by atoms with van der Waals surface area (Å²) in [6.45, 7) is -0.314. The normalized spacial score (nSPS) is 26.8. The molecule has 25 heavy (non-hydrogen) atoms. The van der Waals surface area contributed by atoms with Gasteiger partial charge in [-0.05, 0) is 0 Å². The van der Waals surface area contributed by atoms with E-state index in [0.717, 1.165) is 0 Å². The molecule has 2 aromatic heterocycles. The number of nitrogens with zero attached hydrogens (tertiary/aromatic N) is 5. The first kappa shape index (κ1) is 17.5. The van der Waals surface area contributed by atoms with E-state index in [0.29, 0.717) is 0 Å². The maximum absolute atomic E-state index is 12.2. The van der Waals surface area contributed by atoms with E-state index < -0.39 is 30.1 Å². The number of aromatic amines is 1. The third-order valence-electron chi connectivity index (χ3n) is 3.87. The Kier molecular flexibility index (Phi) is 4.81. The summed E-state index contributed by atoms with van der Waals surface area (Å²) in [5, 5.41) is 19.8. The van der Waals surface area contributed by atoms with Gasteiger partial charge in [0.2, 0.25) is 5.95 Å². The summed E-state index contributed by atoms with van der Waals surface area (Å²) >= 11 is 0. The summed E-state index contributed by atoms with van der Waals surface area (Å²) in [6, 6.07) is 0. The number of aromatic nitrogens is 4. The van der Waals surface area contributed by atoms with Gasteiger partial charge in [-0.3, -0.25) is 14.3 Å². The summed E-state index contributed by atoms with van der Waals surface area (Å²) in [5.74, 6) is 0.0995. The largest absolute Gasteiger partial charge is 0.394 e. The van der Waals surface area contributed by atoms with Crippen molar-refractivity contribution in [2.75, 3.05) is 27.8 Å². The number of hydrogen-bond donors (Lipinski definition) is 3. The number of fused-ring (bicyclic) bond motifs is 1. The number of methoxy groups -OCH3 is 1. The minimum absolute atomic E-state index is 0.0982. The van der Waals surface area contributed by atoms with E-state index in [1.807, 2.05) is 0 Å². The maximum atomic E-state index is 12.2. The fourth-order valence-electron chi connectivity index (χ4n) is 2.72. The van der Waals surface area contributed by atoms with Gasteiger partial charge in [0.25, 0.3) is 5.56 Å². The van der Waals surface area contributed by atoms with Gasteiger partial charge in [-0.1, -0.05) is 0 Å². The first-order chi connectivity index (χ1) is 12.0. The number of aliphatic hydroxyl groups excluding tert-OH is 2. The van der Waals surface area contributed by atoms with E-state index in [2.05, 4.69) is 19.9 Å². The molecule has 11 nitrogen and oxygen atoms in total. The minimum atomic E-state index is -1.06. The first-order valence-corrected chi connectivity index (χ1v) is 7.61. The number of H-pyrrole nitrogens is 1. The molecule has 0 aliphatic carbocycles. The van der Waals surface area contributed by atoms with E-state index >= 15 is 0 Å². The summed E-state index contributed by atoms with van der Waals surface area (Å²) < 4.78 is 12.3. The molecule has 1 unspecified atom stereocenters. The summed E-state index contributed by atoms with van der Waals surface area (Å²) in [7, 11) is 4.99. The van der Waals surface area contributed by atoms with E-state index in [4.69, 9.17) is 9.47 Å². The average molecular weight is 352 g/mol. The zero-order valence-electron chi connectivity index (χ0n) is 14.0. The van der Waals surface area contributed by atoms with Crippen LogP contribution in [-0.2, 0) is 9.47 Å². The second-order valence-corrected chi connectivity index (χ2v) is 5.86. The molecule has 136 valence electrons. The quantitative estimate of drug-likeness (QED) is 0.441. The van der Waals surface area contributed by atoms with Crippen molar-refractivity contribution < 1.29 is 19.7 Å². The van der Waals surface area contributed by atoms with Crippen molar-refractivity contribution in [1.29, 1.82) is 0 Å². The Labute approximate surface area is 142 Å². The average Bonchev–Trinajstić information content (AvgIpc) is 3.13. The number of nitrogens with one attached hydrogen (secondary N) is 1. The third kappa shape index (κ3) is 3.14. The van der Waals surface area contributed by atoms with Crippen LogP contribution in [0.15, 0.2) is 16.1 Å². The number of imidazole rings is 1. The van der Waals surface area contributed by atoms with Crippen LogP contribution < -0.4 is 5.56 Å². The SMILES string of the molecule is CO[C@@H]1C(O)[C@H](n2cnc3c(=O)[nH]c(/N=C/N(C)C)nc32)O[C@@H]1CO. The van der Waals surface area contributed by atoms with Crippen LogP contribution in [0.5, 0.6) is 0 Å². The molecule has 0 spiro atoms. The van der Waals surface area contributed by atoms with E-state index in [1.165, 1.54) is 24.3 Å². The van der Waals surface area contributed by atoms with Gasteiger partial charge < -0.3 is 24.6 Å². The lowest BCUT2D eigenvalue weighted by molar-refractivity contribution is -0.0535. The number of aliphatic imine (C=N–C) groups is 1. The molecule has 1 aliphatic rings. The number of hydrogen-bond acceptors (Lipinski definition) is 8. The van der Waals surface area contributed by atoms with E-state index in [9.17, 15) is 15.0 Å². The Balaban J connectivity index is 2.04. The van der Waals surface area contributed by atoms with Crippen LogP contribution in [0.1, 0.15) is 6.23 Å². The van der Waals surface area contributed by atoms with Crippen LogP contribution in [0.3, 0.4) is 0 Å². The van der Waals surface area contributed by atoms with Gasteiger partial charge in [-0.25, -0.2) is 9.98 Å². The molecule has 0 radical (unpaired) electrons. The van der Waals surface area contributed by atoms with Gasteiger partial charge in [0.15, 0.2) is 17.4 Å². The highest BCUT2D eigenvalue weighted by Gasteiger charge is 2.45. The summed E-state index contributed by atoms with van der Waals surface area (Å²) in [5.41, 5.74) is -0.141. The fraction of sp³-hybridized carbons (Fsp3) is 0.571. The lowest BCUT2D eigenvalue weighted by atomic mass is 10.1. The topological polar surface area (TPSA) is 138 Å².